The highest BCUT2D eigenvalue weighted by Gasteiger charge is 2.54. The number of ether oxygens (including phenoxy) is 7. The molecule has 1 aromatic rings. The molecule has 19 heteroatoms. The van der Waals surface area contributed by atoms with Crippen LogP contribution in [0, 0.1) is 5.41 Å². The van der Waals surface area contributed by atoms with Crippen LogP contribution in [0.4, 0.5) is 0 Å². The highest BCUT2D eigenvalue weighted by Crippen LogP contribution is 2.35. The second kappa shape index (κ2) is 16.5. The first-order valence-corrected chi connectivity index (χ1v) is 16.7. The third-order valence-corrected chi connectivity index (χ3v) is 10.2. The minimum absolute atomic E-state index is 0.192. The van der Waals surface area contributed by atoms with Gasteiger partial charge >= 0.3 is 0 Å². The summed E-state index contributed by atoms with van der Waals surface area (Å²) in [6.07, 6.45) is -23.1. The van der Waals surface area contributed by atoms with E-state index in [1.54, 1.807) is 24.3 Å². The summed E-state index contributed by atoms with van der Waals surface area (Å²) in [5, 5.41) is 97.6. The number of aliphatic hydroxyl groups is 9. The molecule has 0 bridgehead atoms. The molecule has 0 aliphatic carbocycles. The molecule has 1 aromatic carbocycles. The van der Waals surface area contributed by atoms with Crippen molar-refractivity contribution in [1.82, 2.24) is 5.32 Å². The second-order valence-electron chi connectivity index (χ2n) is 13.8. The van der Waals surface area contributed by atoms with Crippen LogP contribution >= 0.6 is 0 Å². The molecule has 290 valence electrons. The third-order valence-electron chi connectivity index (χ3n) is 10.2. The number of nitrogens with two attached hydrogens (primary N) is 1. The summed E-state index contributed by atoms with van der Waals surface area (Å²) < 4.78 is 39.1. The van der Waals surface area contributed by atoms with Crippen LogP contribution in [0.1, 0.15) is 19.4 Å². The normalized spacial score (nSPS) is 44.3. The maximum Gasteiger partial charge on any atom is 0.237 e. The largest absolute Gasteiger partial charge is 0.462 e. The highest BCUT2D eigenvalue weighted by atomic mass is 16.8. The van der Waals surface area contributed by atoms with Crippen molar-refractivity contribution >= 4 is 5.91 Å². The van der Waals surface area contributed by atoms with E-state index in [2.05, 4.69) is 5.32 Å². The van der Waals surface area contributed by atoms with E-state index in [-0.39, 0.29) is 17.7 Å². The predicted octanol–water partition coefficient (Wildman–Crippen LogP) is -5.44. The standard InChI is InChI=1S/C32H50N2O17/c1-32(2)17(34-28(44)27(32)33)8-12-4-6-13(7-5-12)46-29-22(42)19(39)25(15(10-36)48-29)51-31-23(43)20(40)26(16(11-37)49-31)50-30-21(41)18(38)24(45-3)14(9-35)47-30/h4-7,14-27,29-31,35-43H,8-11,33H2,1-3H3,(H,34,44). The summed E-state index contributed by atoms with van der Waals surface area (Å²) in [6.45, 7) is 1.65. The minimum Gasteiger partial charge on any atom is -0.462 e. The Balaban J connectivity index is 1.20. The zero-order valence-corrected chi connectivity index (χ0v) is 28.3. The summed E-state index contributed by atoms with van der Waals surface area (Å²) in [7, 11) is 1.24. The Hall–Kier alpha value is -2.15. The Morgan fingerprint density at radius 3 is 1.57 bits per heavy atom. The van der Waals surface area contributed by atoms with E-state index in [0.29, 0.717) is 6.42 Å². The number of carbonyl (C=O) groups is 1. The van der Waals surface area contributed by atoms with Crippen LogP contribution in [0.2, 0.25) is 0 Å². The van der Waals surface area contributed by atoms with Gasteiger partial charge in [-0.3, -0.25) is 4.79 Å². The molecule has 4 aliphatic rings. The minimum atomic E-state index is -1.92. The molecule has 5 rings (SSSR count). The van der Waals surface area contributed by atoms with E-state index < -0.39 is 123 Å². The lowest BCUT2D eigenvalue weighted by Gasteiger charge is -2.48. The third kappa shape index (κ3) is 8.04. The van der Waals surface area contributed by atoms with Crippen molar-refractivity contribution in [3.63, 3.8) is 0 Å². The van der Waals surface area contributed by atoms with Crippen molar-refractivity contribution in [3.8, 4) is 5.75 Å². The van der Waals surface area contributed by atoms with Gasteiger partial charge < -0.3 is 90.2 Å². The Kier molecular flexibility index (Phi) is 12.9. The number of nitrogens with one attached hydrogen (secondary N) is 1. The second-order valence-corrected chi connectivity index (χ2v) is 13.8. The Morgan fingerprint density at radius 1 is 0.706 bits per heavy atom. The molecule has 12 N–H and O–H groups in total. The smallest absolute Gasteiger partial charge is 0.237 e. The molecular formula is C32H50N2O17. The van der Waals surface area contributed by atoms with Crippen molar-refractivity contribution < 1.29 is 83.9 Å². The zero-order chi connectivity index (χ0) is 37.4. The fraction of sp³-hybridized carbons (Fsp3) is 0.781. The van der Waals surface area contributed by atoms with Gasteiger partial charge in [-0.2, -0.15) is 0 Å². The van der Waals surface area contributed by atoms with Crippen LogP contribution in [0.25, 0.3) is 0 Å². The molecule has 19 nitrogen and oxygen atoms in total. The van der Waals surface area contributed by atoms with Gasteiger partial charge in [0.05, 0.1) is 25.9 Å². The van der Waals surface area contributed by atoms with Gasteiger partial charge in [0.2, 0.25) is 12.2 Å². The van der Waals surface area contributed by atoms with Gasteiger partial charge in [0.15, 0.2) is 12.6 Å². The quantitative estimate of drug-likeness (QED) is 0.0955. The first kappa shape index (κ1) is 40.0. The van der Waals surface area contributed by atoms with Crippen molar-refractivity contribution in [3.05, 3.63) is 29.8 Å². The van der Waals surface area contributed by atoms with Gasteiger partial charge in [-0.15, -0.1) is 0 Å². The molecule has 17 atom stereocenters. The molecule has 4 fully saturated rings. The number of hydrogen-bond acceptors (Lipinski definition) is 18. The molecule has 0 radical (unpaired) electrons. The van der Waals surface area contributed by atoms with Gasteiger partial charge in [0, 0.05) is 18.6 Å². The van der Waals surface area contributed by atoms with E-state index in [4.69, 9.17) is 38.9 Å². The average molecular weight is 735 g/mol. The van der Waals surface area contributed by atoms with Gasteiger partial charge in [0.1, 0.15) is 79.0 Å². The first-order valence-electron chi connectivity index (χ1n) is 16.7. The van der Waals surface area contributed by atoms with Crippen LogP contribution in [-0.2, 0) is 39.6 Å². The van der Waals surface area contributed by atoms with E-state index in [1.807, 2.05) is 13.8 Å². The maximum absolute atomic E-state index is 12.1. The highest BCUT2D eigenvalue weighted by molar-refractivity contribution is 5.85. The first-order chi connectivity index (χ1) is 24.2. The van der Waals surface area contributed by atoms with E-state index in [1.165, 1.54) is 7.11 Å². The van der Waals surface area contributed by atoms with Crippen LogP contribution in [0.15, 0.2) is 24.3 Å². The fourth-order valence-electron chi connectivity index (χ4n) is 6.81. The van der Waals surface area contributed by atoms with Gasteiger partial charge in [-0.25, -0.2) is 0 Å². The number of hydrogen-bond donors (Lipinski definition) is 11. The van der Waals surface area contributed by atoms with Crippen LogP contribution in [-0.4, -0.2) is 183 Å². The van der Waals surface area contributed by atoms with Crippen molar-refractivity contribution in [2.45, 2.75) is 124 Å². The number of aliphatic hydroxyl groups excluding tert-OH is 9. The Morgan fingerprint density at radius 2 is 1.14 bits per heavy atom. The molecule has 1 amide bonds. The van der Waals surface area contributed by atoms with E-state index >= 15 is 0 Å². The summed E-state index contributed by atoms with van der Waals surface area (Å²) in [6, 6.07) is 5.91. The van der Waals surface area contributed by atoms with Crippen LogP contribution < -0.4 is 15.8 Å². The topological polar surface area (TPSA) is 302 Å². The summed E-state index contributed by atoms with van der Waals surface area (Å²) >= 11 is 0. The molecule has 51 heavy (non-hydrogen) atoms. The molecular weight excluding hydrogens is 684 g/mol. The Labute approximate surface area is 293 Å². The summed E-state index contributed by atoms with van der Waals surface area (Å²) in [4.78, 5) is 12.1. The molecule has 4 saturated heterocycles. The maximum atomic E-state index is 12.1. The van der Waals surface area contributed by atoms with Crippen molar-refractivity contribution in [2.24, 2.45) is 11.1 Å². The molecule has 0 aromatic heterocycles. The lowest BCUT2D eigenvalue weighted by Crippen LogP contribution is -2.67. The SMILES string of the molecule is COC1C(CO)OC(OC2C(CO)OC(OC3C(CO)OC(Oc4ccc(CC5NC(=O)C(N)C5(C)C)cc4)C(O)C3O)C(O)C2O)C(O)C1O. The number of methoxy groups -OCH3 is 1. The number of amides is 1. The zero-order valence-electron chi connectivity index (χ0n) is 28.3. The lowest BCUT2D eigenvalue weighted by molar-refractivity contribution is -0.377. The average Bonchev–Trinajstić information content (AvgIpc) is 3.31. The van der Waals surface area contributed by atoms with E-state index in [9.17, 15) is 50.8 Å². The van der Waals surface area contributed by atoms with Crippen LogP contribution in [0.3, 0.4) is 0 Å². The van der Waals surface area contributed by atoms with Crippen molar-refractivity contribution in [2.75, 3.05) is 26.9 Å². The number of rotatable bonds is 12. The molecule has 4 aliphatic heterocycles. The Bertz CT molecular complexity index is 1290. The number of benzene rings is 1. The molecule has 4 heterocycles. The van der Waals surface area contributed by atoms with Gasteiger partial charge in [-0.1, -0.05) is 26.0 Å². The molecule has 0 saturated carbocycles. The summed E-state index contributed by atoms with van der Waals surface area (Å²) in [5.41, 5.74) is 6.44. The summed E-state index contributed by atoms with van der Waals surface area (Å²) in [5.74, 6) is 0.0388. The van der Waals surface area contributed by atoms with Crippen molar-refractivity contribution in [1.29, 1.82) is 0 Å². The molecule has 17 unspecified atom stereocenters. The number of carbonyl (C=O) groups excluding carboxylic acids is 1. The van der Waals surface area contributed by atoms with Crippen LogP contribution in [0.5, 0.6) is 5.75 Å². The van der Waals surface area contributed by atoms with E-state index in [0.717, 1.165) is 5.56 Å². The lowest BCUT2D eigenvalue weighted by atomic mass is 9.79. The monoisotopic (exact) mass is 734 g/mol. The fourth-order valence-corrected chi connectivity index (χ4v) is 6.81. The predicted molar refractivity (Wildman–Crippen MR) is 168 cm³/mol. The molecule has 0 spiro atoms. The van der Waals surface area contributed by atoms with Gasteiger partial charge in [0.25, 0.3) is 0 Å². The van der Waals surface area contributed by atoms with Gasteiger partial charge in [-0.05, 0) is 24.1 Å².